The highest BCUT2D eigenvalue weighted by molar-refractivity contribution is 7.89. The standard InChI is InChI=1S/C10H20N2O2S/c1-10(4-5-10)8-12-15(13,14)7-9-3-2-6-11-9/h9,11-12H,2-8H2,1H3. The van der Waals surface area contributed by atoms with Crippen molar-refractivity contribution >= 4 is 10.0 Å². The van der Waals surface area contributed by atoms with Gasteiger partial charge >= 0.3 is 0 Å². The summed E-state index contributed by atoms with van der Waals surface area (Å²) < 4.78 is 26.1. The molecule has 4 nitrogen and oxygen atoms in total. The Morgan fingerprint density at radius 2 is 2.20 bits per heavy atom. The smallest absolute Gasteiger partial charge is 0.213 e. The van der Waals surface area contributed by atoms with Crippen molar-refractivity contribution < 1.29 is 8.42 Å². The zero-order valence-electron chi connectivity index (χ0n) is 9.25. The molecule has 1 unspecified atom stereocenters. The van der Waals surface area contributed by atoms with Gasteiger partial charge < -0.3 is 5.32 Å². The molecular formula is C10H20N2O2S. The van der Waals surface area contributed by atoms with Crippen molar-refractivity contribution in [2.24, 2.45) is 5.41 Å². The van der Waals surface area contributed by atoms with E-state index in [1.807, 2.05) is 0 Å². The zero-order chi connectivity index (χ0) is 10.9. The minimum atomic E-state index is -3.07. The summed E-state index contributed by atoms with van der Waals surface area (Å²) >= 11 is 0. The second-order valence-corrected chi connectivity index (χ2v) is 7.06. The highest BCUT2D eigenvalue weighted by Crippen LogP contribution is 2.44. The first-order chi connectivity index (χ1) is 6.99. The molecule has 1 atom stereocenters. The third-order valence-corrected chi connectivity index (χ3v) is 4.83. The Morgan fingerprint density at radius 3 is 2.73 bits per heavy atom. The third kappa shape index (κ3) is 3.43. The number of nitrogens with one attached hydrogen (secondary N) is 2. The molecule has 1 aliphatic carbocycles. The molecule has 0 aromatic rings. The van der Waals surface area contributed by atoms with Gasteiger partial charge in [0.15, 0.2) is 0 Å². The maximum atomic E-state index is 11.7. The Hall–Kier alpha value is -0.130. The molecule has 1 heterocycles. The molecule has 1 aliphatic heterocycles. The summed E-state index contributed by atoms with van der Waals surface area (Å²) in [6.07, 6.45) is 4.38. The first kappa shape index (κ1) is 11.4. The molecular weight excluding hydrogens is 212 g/mol. The van der Waals surface area contributed by atoms with E-state index in [1.165, 1.54) is 0 Å². The van der Waals surface area contributed by atoms with Crippen molar-refractivity contribution in [1.82, 2.24) is 10.0 Å². The summed E-state index contributed by atoms with van der Waals surface area (Å²) in [7, 11) is -3.07. The molecule has 2 rings (SSSR count). The lowest BCUT2D eigenvalue weighted by atomic mass is 10.2. The van der Waals surface area contributed by atoms with Crippen LogP contribution in [0.25, 0.3) is 0 Å². The molecule has 1 saturated carbocycles. The first-order valence-corrected chi connectivity index (χ1v) is 7.35. The molecule has 5 heteroatoms. The van der Waals surface area contributed by atoms with Gasteiger partial charge in [-0.15, -0.1) is 0 Å². The molecule has 0 radical (unpaired) electrons. The fourth-order valence-electron chi connectivity index (χ4n) is 1.90. The van der Waals surface area contributed by atoms with Gasteiger partial charge in [-0.1, -0.05) is 6.92 Å². The summed E-state index contributed by atoms with van der Waals surface area (Å²) in [6.45, 7) is 3.70. The average molecular weight is 232 g/mol. The van der Waals surface area contributed by atoms with E-state index in [0.717, 1.165) is 32.2 Å². The predicted octanol–water partition coefficient (Wildman–Crippen LogP) is 0.458. The highest BCUT2D eigenvalue weighted by Gasteiger charge is 2.38. The van der Waals surface area contributed by atoms with Crippen LogP contribution in [0.4, 0.5) is 0 Å². The van der Waals surface area contributed by atoms with E-state index in [9.17, 15) is 8.42 Å². The van der Waals surface area contributed by atoms with E-state index in [4.69, 9.17) is 0 Å². The largest absolute Gasteiger partial charge is 0.313 e. The van der Waals surface area contributed by atoms with Crippen LogP contribution >= 0.6 is 0 Å². The molecule has 0 spiro atoms. The molecule has 0 amide bonds. The third-order valence-electron chi connectivity index (χ3n) is 3.41. The van der Waals surface area contributed by atoms with Crippen molar-refractivity contribution in [2.45, 2.75) is 38.6 Å². The lowest BCUT2D eigenvalue weighted by Crippen LogP contribution is -2.38. The Labute approximate surface area is 91.9 Å². The molecule has 88 valence electrons. The summed E-state index contributed by atoms with van der Waals surface area (Å²) in [5.41, 5.74) is 0.246. The van der Waals surface area contributed by atoms with Crippen LogP contribution in [0.1, 0.15) is 32.6 Å². The molecule has 0 aromatic carbocycles. The maximum Gasteiger partial charge on any atom is 0.213 e. The monoisotopic (exact) mass is 232 g/mol. The van der Waals surface area contributed by atoms with E-state index in [1.54, 1.807) is 0 Å². The Morgan fingerprint density at radius 1 is 1.47 bits per heavy atom. The SMILES string of the molecule is CC1(CNS(=O)(=O)CC2CCCN2)CC1. The van der Waals surface area contributed by atoms with Crippen LogP contribution in [0.3, 0.4) is 0 Å². The van der Waals surface area contributed by atoms with E-state index >= 15 is 0 Å². The molecule has 15 heavy (non-hydrogen) atoms. The minimum Gasteiger partial charge on any atom is -0.313 e. The quantitative estimate of drug-likeness (QED) is 0.724. The van der Waals surface area contributed by atoms with E-state index in [2.05, 4.69) is 17.0 Å². The van der Waals surface area contributed by atoms with Crippen LogP contribution in [0.2, 0.25) is 0 Å². The summed E-state index contributed by atoms with van der Waals surface area (Å²) in [6, 6.07) is 0.162. The predicted molar refractivity (Wildman–Crippen MR) is 60.2 cm³/mol. The summed E-state index contributed by atoms with van der Waals surface area (Å²) in [5.74, 6) is 0.239. The van der Waals surface area contributed by atoms with Gasteiger partial charge in [0.1, 0.15) is 0 Å². The second-order valence-electron chi connectivity index (χ2n) is 5.21. The highest BCUT2D eigenvalue weighted by atomic mass is 32.2. The van der Waals surface area contributed by atoms with Crippen LogP contribution in [0.15, 0.2) is 0 Å². The van der Waals surface area contributed by atoms with Gasteiger partial charge in [-0.2, -0.15) is 0 Å². The minimum absolute atomic E-state index is 0.162. The van der Waals surface area contributed by atoms with Crippen molar-refractivity contribution in [3.63, 3.8) is 0 Å². The summed E-state index contributed by atoms with van der Waals surface area (Å²) in [4.78, 5) is 0. The second kappa shape index (κ2) is 4.03. The first-order valence-electron chi connectivity index (χ1n) is 5.70. The molecule has 2 aliphatic rings. The van der Waals surface area contributed by atoms with Crippen molar-refractivity contribution in [1.29, 1.82) is 0 Å². The van der Waals surface area contributed by atoms with Gasteiger partial charge in [-0.25, -0.2) is 13.1 Å². The number of sulfonamides is 1. The maximum absolute atomic E-state index is 11.7. The van der Waals surface area contributed by atoms with Gasteiger partial charge in [0.2, 0.25) is 10.0 Å². The molecule has 0 bridgehead atoms. The van der Waals surface area contributed by atoms with Crippen LogP contribution in [-0.2, 0) is 10.0 Å². The van der Waals surface area contributed by atoms with Crippen molar-refractivity contribution in [3.8, 4) is 0 Å². The molecule has 0 aromatic heterocycles. The van der Waals surface area contributed by atoms with Crippen LogP contribution in [0, 0.1) is 5.41 Å². The zero-order valence-corrected chi connectivity index (χ0v) is 10.1. The van der Waals surface area contributed by atoms with Gasteiger partial charge in [0, 0.05) is 12.6 Å². The fraction of sp³-hybridized carbons (Fsp3) is 1.00. The van der Waals surface area contributed by atoms with Gasteiger partial charge in [-0.3, -0.25) is 0 Å². The van der Waals surface area contributed by atoms with Crippen LogP contribution in [0.5, 0.6) is 0 Å². The summed E-state index contributed by atoms with van der Waals surface area (Å²) in [5, 5.41) is 3.21. The van der Waals surface area contributed by atoms with E-state index < -0.39 is 10.0 Å². The van der Waals surface area contributed by atoms with Crippen molar-refractivity contribution in [2.75, 3.05) is 18.8 Å². The normalized spacial score (nSPS) is 29.3. The molecule has 2 N–H and O–H groups in total. The Bertz CT molecular complexity index is 316. The Kier molecular flexibility index (Phi) is 3.05. The number of hydrogen-bond acceptors (Lipinski definition) is 3. The lowest BCUT2D eigenvalue weighted by Gasteiger charge is -2.14. The fourth-order valence-corrected chi connectivity index (χ4v) is 3.40. The topological polar surface area (TPSA) is 58.2 Å². The van der Waals surface area contributed by atoms with Gasteiger partial charge in [0.05, 0.1) is 5.75 Å². The Balaban J connectivity index is 1.78. The molecule has 2 fully saturated rings. The number of rotatable bonds is 5. The van der Waals surface area contributed by atoms with Crippen molar-refractivity contribution in [3.05, 3.63) is 0 Å². The average Bonchev–Trinajstić information content (AvgIpc) is 2.69. The van der Waals surface area contributed by atoms with Crippen LogP contribution in [-0.4, -0.2) is 33.3 Å². The van der Waals surface area contributed by atoms with E-state index in [0.29, 0.717) is 6.54 Å². The van der Waals surface area contributed by atoms with Gasteiger partial charge in [-0.05, 0) is 37.6 Å². The van der Waals surface area contributed by atoms with E-state index in [-0.39, 0.29) is 17.2 Å². The van der Waals surface area contributed by atoms with Crippen LogP contribution < -0.4 is 10.0 Å². The number of hydrogen-bond donors (Lipinski definition) is 2. The lowest BCUT2D eigenvalue weighted by molar-refractivity contribution is 0.523. The molecule has 1 saturated heterocycles. The van der Waals surface area contributed by atoms with Gasteiger partial charge in [0.25, 0.3) is 0 Å².